The largest absolute Gasteiger partial charge is 0.463 e. The summed E-state index contributed by atoms with van der Waals surface area (Å²) in [6.07, 6.45) is 5.00. The molecule has 1 unspecified atom stereocenters. The molecule has 0 aromatic heterocycles. The molecule has 3 heteroatoms. The van der Waals surface area contributed by atoms with Crippen LogP contribution in [0.5, 0.6) is 0 Å². The summed E-state index contributed by atoms with van der Waals surface area (Å²) in [7, 11) is 0. The van der Waals surface area contributed by atoms with Crippen LogP contribution in [0.15, 0.2) is 84.2 Å². The molecule has 2 aromatic carbocycles. The van der Waals surface area contributed by atoms with Crippen LogP contribution in [0.25, 0.3) is 0 Å². The zero-order valence-electron chi connectivity index (χ0n) is 15.4. The van der Waals surface area contributed by atoms with E-state index in [1.54, 1.807) is 0 Å². The van der Waals surface area contributed by atoms with E-state index >= 15 is 0 Å². The maximum Gasteiger partial charge on any atom is 0.336 e. The number of carbonyl (C=O) groups excluding carboxylic acids is 1. The van der Waals surface area contributed by atoms with Gasteiger partial charge in [0.2, 0.25) is 0 Å². The molecule has 2 aromatic rings. The van der Waals surface area contributed by atoms with Crippen molar-refractivity contribution in [2.24, 2.45) is 0 Å². The number of benzene rings is 2. The lowest BCUT2D eigenvalue weighted by atomic mass is 9.82. The van der Waals surface area contributed by atoms with Gasteiger partial charge in [-0.25, -0.2) is 4.79 Å². The quantitative estimate of drug-likeness (QED) is 0.687. The zero-order valence-corrected chi connectivity index (χ0v) is 15.4. The van der Waals surface area contributed by atoms with Gasteiger partial charge in [-0.1, -0.05) is 67.6 Å². The van der Waals surface area contributed by atoms with Crippen molar-refractivity contribution in [1.82, 2.24) is 4.90 Å². The Morgan fingerprint density at radius 1 is 0.962 bits per heavy atom. The van der Waals surface area contributed by atoms with Crippen LogP contribution in [-0.2, 0) is 16.1 Å². The van der Waals surface area contributed by atoms with Crippen molar-refractivity contribution in [3.8, 4) is 0 Å². The number of allylic oxidation sites excluding steroid dienone is 1. The van der Waals surface area contributed by atoms with E-state index in [1.165, 1.54) is 11.1 Å². The fourth-order valence-corrected chi connectivity index (χ4v) is 3.38. The SMILES string of the molecule is CCOC(=O)C1=CN(Cc2ccccc2)C=C(CC)C1c1ccccc1. The van der Waals surface area contributed by atoms with Crippen molar-refractivity contribution >= 4 is 5.97 Å². The molecule has 134 valence electrons. The topological polar surface area (TPSA) is 29.5 Å². The molecule has 0 saturated carbocycles. The molecule has 0 spiro atoms. The minimum Gasteiger partial charge on any atom is -0.463 e. The second kappa shape index (κ2) is 8.52. The third-order valence-electron chi connectivity index (χ3n) is 4.58. The van der Waals surface area contributed by atoms with Crippen LogP contribution < -0.4 is 0 Å². The van der Waals surface area contributed by atoms with Gasteiger partial charge < -0.3 is 9.64 Å². The number of hydrogen-bond acceptors (Lipinski definition) is 3. The van der Waals surface area contributed by atoms with Crippen LogP contribution in [0.4, 0.5) is 0 Å². The monoisotopic (exact) mass is 347 g/mol. The van der Waals surface area contributed by atoms with Crippen LogP contribution in [0, 0.1) is 0 Å². The Morgan fingerprint density at radius 3 is 2.23 bits per heavy atom. The molecule has 1 aliphatic heterocycles. The van der Waals surface area contributed by atoms with Gasteiger partial charge in [-0.2, -0.15) is 0 Å². The first-order valence-electron chi connectivity index (χ1n) is 9.17. The van der Waals surface area contributed by atoms with E-state index in [9.17, 15) is 4.79 Å². The molecule has 1 aliphatic rings. The Bertz CT molecular complexity index is 793. The summed E-state index contributed by atoms with van der Waals surface area (Å²) in [6.45, 7) is 5.09. The fourth-order valence-electron chi connectivity index (χ4n) is 3.38. The van der Waals surface area contributed by atoms with Crippen LogP contribution in [0.3, 0.4) is 0 Å². The Morgan fingerprint density at radius 2 is 1.62 bits per heavy atom. The summed E-state index contributed by atoms with van der Waals surface area (Å²) >= 11 is 0. The van der Waals surface area contributed by atoms with E-state index in [0.717, 1.165) is 18.5 Å². The smallest absolute Gasteiger partial charge is 0.336 e. The summed E-state index contributed by atoms with van der Waals surface area (Å²) in [5.41, 5.74) is 4.25. The third-order valence-corrected chi connectivity index (χ3v) is 4.58. The first kappa shape index (κ1) is 18.0. The molecular weight excluding hydrogens is 322 g/mol. The molecule has 26 heavy (non-hydrogen) atoms. The third kappa shape index (κ3) is 4.05. The van der Waals surface area contributed by atoms with Gasteiger partial charge in [-0.3, -0.25) is 0 Å². The highest BCUT2D eigenvalue weighted by Crippen LogP contribution is 2.38. The van der Waals surface area contributed by atoms with Gasteiger partial charge in [-0.15, -0.1) is 0 Å². The number of carbonyl (C=O) groups is 1. The Kier molecular flexibility index (Phi) is 5.90. The van der Waals surface area contributed by atoms with E-state index in [0.29, 0.717) is 12.2 Å². The molecule has 0 N–H and O–H groups in total. The molecular formula is C23H25NO2. The summed E-state index contributed by atoms with van der Waals surface area (Å²) in [5.74, 6) is -0.286. The van der Waals surface area contributed by atoms with Crippen molar-refractivity contribution in [3.63, 3.8) is 0 Å². The Balaban J connectivity index is 1.98. The van der Waals surface area contributed by atoms with E-state index in [4.69, 9.17) is 4.74 Å². The average Bonchev–Trinajstić information content (AvgIpc) is 2.69. The highest BCUT2D eigenvalue weighted by molar-refractivity contribution is 5.91. The van der Waals surface area contributed by atoms with Gasteiger partial charge in [0, 0.05) is 24.9 Å². The minimum atomic E-state index is -0.238. The van der Waals surface area contributed by atoms with Gasteiger partial charge in [0.1, 0.15) is 0 Å². The predicted octanol–water partition coefficient (Wildman–Crippen LogP) is 5.03. The molecule has 3 nitrogen and oxygen atoms in total. The lowest BCUT2D eigenvalue weighted by molar-refractivity contribution is -0.138. The molecule has 0 radical (unpaired) electrons. The number of rotatable bonds is 6. The molecule has 3 rings (SSSR count). The maximum atomic E-state index is 12.7. The van der Waals surface area contributed by atoms with Crippen LogP contribution in [0.2, 0.25) is 0 Å². The Hall–Kier alpha value is -2.81. The highest BCUT2D eigenvalue weighted by atomic mass is 16.5. The Labute approximate surface area is 155 Å². The van der Waals surface area contributed by atoms with E-state index in [2.05, 4.69) is 42.3 Å². The normalized spacial score (nSPS) is 16.7. The van der Waals surface area contributed by atoms with E-state index < -0.39 is 0 Å². The minimum absolute atomic E-state index is 0.0488. The molecule has 0 aliphatic carbocycles. The van der Waals surface area contributed by atoms with Gasteiger partial charge >= 0.3 is 5.97 Å². The van der Waals surface area contributed by atoms with Gasteiger partial charge in [0.05, 0.1) is 12.2 Å². The standard InChI is InChI=1S/C23H25NO2/c1-3-19-16-24(15-18-11-7-5-8-12-18)17-21(23(25)26-4-2)22(19)20-13-9-6-10-14-20/h5-14,16-17,22H,3-4,15H2,1-2H3. The second-order valence-electron chi connectivity index (χ2n) is 6.36. The van der Waals surface area contributed by atoms with Gasteiger partial charge in [0.15, 0.2) is 0 Å². The number of ether oxygens (including phenoxy) is 1. The predicted molar refractivity (Wildman–Crippen MR) is 104 cm³/mol. The van der Waals surface area contributed by atoms with Gasteiger partial charge in [-0.05, 0) is 30.0 Å². The van der Waals surface area contributed by atoms with Crippen LogP contribution in [-0.4, -0.2) is 17.5 Å². The summed E-state index contributed by atoms with van der Waals surface area (Å²) < 4.78 is 5.36. The van der Waals surface area contributed by atoms with Crippen molar-refractivity contribution in [3.05, 3.63) is 95.3 Å². The first-order valence-corrected chi connectivity index (χ1v) is 9.17. The van der Waals surface area contributed by atoms with Crippen LogP contribution in [0.1, 0.15) is 37.3 Å². The lowest BCUT2D eigenvalue weighted by Gasteiger charge is -2.31. The molecule has 1 atom stereocenters. The number of hydrogen-bond donors (Lipinski definition) is 0. The maximum absolute atomic E-state index is 12.7. The van der Waals surface area contributed by atoms with Crippen molar-refractivity contribution < 1.29 is 9.53 Å². The highest BCUT2D eigenvalue weighted by Gasteiger charge is 2.30. The molecule has 0 bridgehead atoms. The van der Waals surface area contributed by atoms with Crippen molar-refractivity contribution in [1.29, 1.82) is 0 Å². The van der Waals surface area contributed by atoms with Crippen molar-refractivity contribution in [2.75, 3.05) is 6.61 Å². The second-order valence-corrected chi connectivity index (χ2v) is 6.36. The van der Waals surface area contributed by atoms with E-state index in [1.807, 2.05) is 49.5 Å². The first-order chi connectivity index (χ1) is 12.7. The van der Waals surface area contributed by atoms with Gasteiger partial charge in [0.25, 0.3) is 0 Å². The van der Waals surface area contributed by atoms with Crippen molar-refractivity contribution in [2.45, 2.75) is 32.7 Å². The average molecular weight is 347 g/mol. The van der Waals surface area contributed by atoms with Crippen LogP contribution >= 0.6 is 0 Å². The van der Waals surface area contributed by atoms with E-state index in [-0.39, 0.29) is 11.9 Å². The number of nitrogens with zero attached hydrogens (tertiary/aromatic N) is 1. The summed E-state index contributed by atoms with van der Waals surface area (Å²) in [4.78, 5) is 14.8. The zero-order chi connectivity index (χ0) is 18.4. The molecule has 0 fully saturated rings. The molecule has 0 saturated heterocycles. The summed E-state index contributed by atoms with van der Waals surface area (Å²) in [5, 5.41) is 0. The lowest BCUT2D eigenvalue weighted by Crippen LogP contribution is -2.25. The molecule has 0 amide bonds. The number of esters is 1. The summed E-state index contributed by atoms with van der Waals surface area (Å²) in [6, 6.07) is 20.5. The molecule has 1 heterocycles. The fraction of sp³-hybridized carbons (Fsp3) is 0.261.